The van der Waals surface area contributed by atoms with Gasteiger partial charge in [-0.25, -0.2) is 4.39 Å². The van der Waals surface area contributed by atoms with Gasteiger partial charge in [0, 0.05) is 51.5 Å². The van der Waals surface area contributed by atoms with Gasteiger partial charge in [0.05, 0.1) is 16.0 Å². The van der Waals surface area contributed by atoms with E-state index in [4.69, 9.17) is 11.6 Å². The van der Waals surface area contributed by atoms with Crippen molar-refractivity contribution in [2.24, 2.45) is 11.8 Å². The number of rotatable bonds is 5. The summed E-state index contributed by atoms with van der Waals surface area (Å²) in [5.41, 5.74) is 1.54. The van der Waals surface area contributed by atoms with Crippen LogP contribution in [0.2, 0.25) is 5.02 Å². The number of piperidine rings is 2. The Hall–Kier alpha value is -2.60. The number of amides is 2. The van der Waals surface area contributed by atoms with Crippen molar-refractivity contribution >= 4 is 29.1 Å². The van der Waals surface area contributed by atoms with Crippen LogP contribution in [-0.4, -0.2) is 61.9 Å². The number of carbonyl (C=O) groups is 2. The van der Waals surface area contributed by atoms with E-state index >= 15 is 0 Å². The van der Waals surface area contributed by atoms with E-state index in [1.165, 1.54) is 11.0 Å². The Morgan fingerprint density at radius 3 is 2.11 bits per heavy atom. The lowest BCUT2D eigenvalue weighted by atomic mass is 9.78. The van der Waals surface area contributed by atoms with E-state index in [9.17, 15) is 14.0 Å². The molecule has 0 unspecified atom stereocenters. The molecule has 0 N–H and O–H groups in total. The molecule has 2 amide bonds. The number of hydrogen-bond acceptors (Lipinski definition) is 3. The second-order valence-corrected chi connectivity index (χ2v) is 11.3. The SMILES string of the molecule is CN(C)C(=O)c1ccc(N2CCC(C3CCN(C(=O)C4(c5ccccc5F)CC4)CC3)CC2)cc1Cl. The summed E-state index contributed by atoms with van der Waals surface area (Å²) in [4.78, 5) is 31.5. The summed E-state index contributed by atoms with van der Waals surface area (Å²) in [6, 6.07) is 12.5. The van der Waals surface area contributed by atoms with Crippen molar-refractivity contribution in [3.8, 4) is 0 Å². The normalized spacial score (nSPS) is 20.3. The predicted octanol–water partition coefficient (Wildman–Crippen LogP) is 5.37. The number of likely N-dealkylation sites (tertiary alicyclic amines) is 1. The van der Waals surface area contributed by atoms with Gasteiger partial charge in [0.25, 0.3) is 5.91 Å². The quantitative estimate of drug-likeness (QED) is 0.542. The molecule has 2 saturated heterocycles. The molecule has 2 aromatic rings. The Bertz CT molecular complexity index is 1130. The molecule has 3 aliphatic rings. The van der Waals surface area contributed by atoms with Gasteiger partial charge in [-0.2, -0.15) is 0 Å². The highest BCUT2D eigenvalue weighted by atomic mass is 35.5. The van der Waals surface area contributed by atoms with Gasteiger partial charge >= 0.3 is 0 Å². The van der Waals surface area contributed by atoms with Crippen molar-refractivity contribution in [1.29, 1.82) is 0 Å². The molecular formula is C29H35ClFN3O2. The van der Waals surface area contributed by atoms with Crippen molar-refractivity contribution in [3.05, 3.63) is 64.4 Å². The molecule has 2 aromatic carbocycles. The molecule has 0 spiro atoms. The van der Waals surface area contributed by atoms with Gasteiger partial charge in [0.15, 0.2) is 0 Å². The summed E-state index contributed by atoms with van der Waals surface area (Å²) in [7, 11) is 3.45. The topological polar surface area (TPSA) is 43.9 Å². The summed E-state index contributed by atoms with van der Waals surface area (Å²) in [6.07, 6.45) is 5.79. The average molecular weight is 512 g/mol. The standard InChI is InChI=1S/C29H35ClFN3O2/c1-32(2)27(35)23-8-7-22(19-25(23)30)33-15-9-20(10-16-33)21-11-17-34(18-12-21)28(36)29(13-14-29)24-5-3-4-6-26(24)31/h3-8,19-21H,9-18H2,1-2H3. The van der Waals surface area contributed by atoms with Gasteiger partial charge in [-0.3, -0.25) is 9.59 Å². The highest BCUT2D eigenvalue weighted by molar-refractivity contribution is 6.34. The molecular weight excluding hydrogens is 477 g/mol. The minimum absolute atomic E-state index is 0.0865. The van der Waals surface area contributed by atoms with Gasteiger partial charge < -0.3 is 14.7 Å². The fourth-order valence-electron chi connectivity index (χ4n) is 6.19. The number of anilines is 1. The molecule has 0 radical (unpaired) electrons. The molecule has 192 valence electrons. The minimum Gasteiger partial charge on any atom is -0.371 e. The molecule has 7 heteroatoms. The summed E-state index contributed by atoms with van der Waals surface area (Å²) in [5, 5.41) is 0.495. The van der Waals surface area contributed by atoms with E-state index in [0.717, 1.165) is 70.4 Å². The molecule has 5 nitrogen and oxygen atoms in total. The number of benzene rings is 2. The maximum Gasteiger partial charge on any atom is 0.254 e. The Kier molecular flexibility index (Phi) is 6.99. The van der Waals surface area contributed by atoms with Crippen LogP contribution in [0.5, 0.6) is 0 Å². The molecule has 0 bridgehead atoms. The molecule has 3 fully saturated rings. The fourth-order valence-corrected chi connectivity index (χ4v) is 6.45. The summed E-state index contributed by atoms with van der Waals surface area (Å²) in [6.45, 7) is 3.49. The van der Waals surface area contributed by atoms with Crippen LogP contribution in [0.1, 0.15) is 54.4 Å². The monoisotopic (exact) mass is 511 g/mol. The lowest BCUT2D eigenvalue weighted by Crippen LogP contribution is -2.46. The zero-order valence-electron chi connectivity index (χ0n) is 21.2. The van der Waals surface area contributed by atoms with Gasteiger partial charge in [-0.05, 0) is 74.6 Å². The average Bonchev–Trinajstić information content (AvgIpc) is 3.70. The van der Waals surface area contributed by atoms with E-state index in [-0.39, 0.29) is 17.6 Å². The molecule has 0 aromatic heterocycles. The largest absolute Gasteiger partial charge is 0.371 e. The molecule has 1 aliphatic carbocycles. The maximum absolute atomic E-state index is 14.4. The number of halogens is 2. The third-order valence-corrected chi connectivity index (χ3v) is 8.85. The van der Waals surface area contributed by atoms with E-state index < -0.39 is 5.41 Å². The highest BCUT2D eigenvalue weighted by Crippen LogP contribution is 2.51. The lowest BCUT2D eigenvalue weighted by molar-refractivity contribution is -0.135. The number of hydrogen-bond donors (Lipinski definition) is 0. The van der Waals surface area contributed by atoms with Crippen LogP contribution < -0.4 is 4.90 Å². The first kappa shape index (κ1) is 25.1. The van der Waals surface area contributed by atoms with Gasteiger partial charge in [-0.15, -0.1) is 0 Å². The third-order valence-electron chi connectivity index (χ3n) is 8.54. The van der Waals surface area contributed by atoms with Crippen LogP contribution in [0.4, 0.5) is 10.1 Å². The van der Waals surface area contributed by atoms with E-state index in [2.05, 4.69) is 4.90 Å². The van der Waals surface area contributed by atoms with Gasteiger partial charge in [0.1, 0.15) is 5.82 Å². The number of nitrogens with zero attached hydrogens (tertiary/aromatic N) is 3. The van der Waals surface area contributed by atoms with E-state index in [1.807, 2.05) is 29.2 Å². The fraction of sp³-hybridized carbons (Fsp3) is 0.517. The van der Waals surface area contributed by atoms with Crippen LogP contribution in [-0.2, 0) is 10.2 Å². The maximum atomic E-state index is 14.4. The van der Waals surface area contributed by atoms with Crippen LogP contribution in [0, 0.1) is 17.7 Å². The summed E-state index contributed by atoms with van der Waals surface area (Å²) in [5.74, 6) is 1.06. The summed E-state index contributed by atoms with van der Waals surface area (Å²) < 4.78 is 14.4. The summed E-state index contributed by atoms with van der Waals surface area (Å²) >= 11 is 6.43. The molecule has 2 heterocycles. The van der Waals surface area contributed by atoms with Crippen molar-refractivity contribution in [3.63, 3.8) is 0 Å². The van der Waals surface area contributed by atoms with E-state index in [0.29, 0.717) is 28.0 Å². The predicted molar refractivity (Wildman–Crippen MR) is 141 cm³/mol. The van der Waals surface area contributed by atoms with Gasteiger partial charge in [0.2, 0.25) is 5.91 Å². The van der Waals surface area contributed by atoms with Crippen LogP contribution >= 0.6 is 11.6 Å². The Balaban J connectivity index is 1.14. The first-order valence-corrected chi connectivity index (χ1v) is 13.5. The highest BCUT2D eigenvalue weighted by Gasteiger charge is 2.54. The minimum atomic E-state index is -0.627. The zero-order valence-corrected chi connectivity index (χ0v) is 21.9. The Morgan fingerprint density at radius 2 is 1.56 bits per heavy atom. The molecule has 36 heavy (non-hydrogen) atoms. The van der Waals surface area contributed by atoms with Crippen molar-refractivity contribution in [2.45, 2.75) is 43.9 Å². The lowest BCUT2D eigenvalue weighted by Gasteiger charge is -2.41. The van der Waals surface area contributed by atoms with Crippen molar-refractivity contribution in [2.75, 3.05) is 45.2 Å². The smallest absolute Gasteiger partial charge is 0.254 e. The molecule has 0 atom stereocenters. The molecule has 5 rings (SSSR count). The van der Waals surface area contributed by atoms with Crippen LogP contribution in [0.3, 0.4) is 0 Å². The van der Waals surface area contributed by atoms with Crippen molar-refractivity contribution in [1.82, 2.24) is 9.80 Å². The van der Waals surface area contributed by atoms with Crippen molar-refractivity contribution < 1.29 is 14.0 Å². The van der Waals surface area contributed by atoms with Crippen LogP contribution in [0.15, 0.2) is 42.5 Å². The number of carbonyl (C=O) groups excluding carboxylic acids is 2. The van der Waals surface area contributed by atoms with Crippen LogP contribution in [0.25, 0.3) is 0 Å². The first-order valence-electron chi connectivity index (χ1n) is 13.1. The Morgan fingerprint density at radius 1 is 0.944 bits per heavy atom. The Labute approximate surface area is 218 Å². The van der Waals surface area contributed by atoms with E-state index in [1.54, 1.807) is 26.2 Å². The second-order valence-electron chi connectivity index (χ2n) is 10.9. The third kappa shape index (κ3) is 4.72. The molecule has 1 saturated carbocycles. The first-order chi connectivity index (χ1) is 17.3. The molecule has 2 aliphatic heterocycles. The second kappa shape index (κ2) is 10.0. The zero-order chi connectivity index (χ0) is 25.4. The van der Waals surface area contributed by atoms with Gasteiger partial charge in [-0.1, -0.05) is 29.8 Å².